The Balaban J connectivity index is 2.57. The van der Waals surface area contributed by atoms with Crippen molar-refractivity contribution in [2.24, 2.45) is 10.8 Å². The van der Waals surface area contributed by atoms with E-state index in [1.165, 1.54) is 0 Å². The average Bonchev–Trinajstić information content (AvgIpc) is 2.29. The Hall–Kier alpha value is -0.160. The molecule has 0 saturated carbocycles. The molecular weight excluding hydrogens is 196 g/mol. The molecule has 1 aliphatic heterocycles. The minimum Gasteiger partial charge on any atom is -0.396 e. The molecule has 0 radical (unpaired) electrons. The molecule has 1 unspecified atom stereocenters. The first-order chi connectivity index (χ1) is 6.99. The molecule has 1 heterocycles. The lowest BCUT2D eigenvalue weighted by atomic mass is 9.86. The van der Waals surface area contributed by atoms with Gasteiger partial charge in [-0.1, -0.05) is 20.8 Å². The largest absolute Gasteiger partial charge is 0.396 e. The highest BCUT2D eigenvalue weighted by Crippen LogP contribution is 2.34. The van der Waals surface area contributed by atoms with Crippen molar-refractivity contribution in [3.05, 3.63) is 0 Å². The van der Waals surface area contributed by atoms with Crippen LogP contribution in [0.3, 0.4) is 0 Å². The molecule has 1 fully saturated rings. The molecule has 0 aromatic carbocycles. The van der Waals surface area contributed by atoms with Gasteiger partial charge in [0.05, 0.1) is 26.4 Å². The van der Waals surface area contributed by atoms with Crippen LogP contribution in [-0.4, -0.2) is 42.9 Å². The van der Waals surface area contributed by atoms with Gasteiger partial charge in [0.15, 0.2) is 6.29 Å². The van der Waals surface area contributed by atoms with E-state index in [4.69, 9.17) is 14.6 Å². The molecule has 1 aliphatic rings. The zero-order valence-corrected chi connectivity index (χ0v) is 9.82. The van der Waals surface area contributed by atoms with Crippen molar-refractivity contribution >= 4 is 0 Å². The summed E-state index contributed by atoms with van der Waals surface area (Å²) in [5.41, 5.74) is -0.655. The van der Waals surface area contributed by atoms with Crippen molar-refractivity contribution in [3.8, 4) is 0 Å². The van der Waals surface area contributed by atoms with E-state index < -0.39 is 0 Å². The van der Waals surface area contributed by atoms with Gasteiger partial charge in [0.1, 0.15) is 0 Å². The molecule has 2 N–H and O–H groups in total. The van der Waals surface area contributed by atoms with Crippen molar-refractivity contribution in [3.63, 3.8) is 0 Å². The van der Waals surface area contributed by atoms with Gasteiger partial charge in [-0.15, -0.1) is 0 Å². The zero-order valence-electron chi connectivity index (χ0n) is 9.82. The van der Waals surface area contributed by atoms with Crippen molar-refractivity contribution in [2.45, 2.75) is 33.5 Å². The van der Waals surface area contributed by atoms with Gasteiger partial charge in [-0.25, -0.2) is 0 Å². The van der Waals surface area contributed by atoms with E-state index in [0.29, 0.717) is 13.2 Å². The van der Waals surface area contributed by atoms with E-state index in [2.05, 4.69) is 0 Å². The van der Waals surface area contributed by atoms with Crippen LogP contribution in [0.5, 0.6) is 0 Å². The van der Waals surface area contributed by atoms with E-state index in [0.717, 1.165) is 6.42 Å². The lowest BCUT2D eigenvalue weighted by Crippen LogP contribution is -2.49. The fourth-order valence-corrected chi connectivity index (χ4v) is 1.49. The Labute approximate surface area is 91.2 Å². The van der Waals surface area contributed by atoms with E-state index in [1.54, 1.807) is 0 Å². The minimum atomic E-state index is -0.368. The molecule has 0 aromatic heterocycles. The van der Waals surface area contributed by atoms with Crippen LogP contribution in [0, 0.1) is 10.8 Å². The zero-order chi connectivity index (χ0) is 11.5. The fourth-order valence-electron chi connectivity index (χ4n) is 1.49. The second-order valence-corrected chi connectivity index (χ2v) is 5.09. The predicted molar refractivity (Wildman–Crippen MR) is 56.4 cm³/mol. The fraction of sp³-hybridized carbons (Fsp3) is 1.00. The molecule has 1 saturated heterocycles. The number of aliphatic hydroxyl groups excluding tert-OH is 2. The van der Waals surface area contributed by atoms with Gasteiger partial charge in [-0.3, -0.25) is 0 Å². The molecule has 0 aromatic rings. The monoisotopic (exact) mass is 218 g/mol. The molecule has 1 atom stereocenters. The molecule has 0 bridgehead atoms. The van der Waals surface area contributed by atoms with E-state index in [1.807, 2.05) is 20.8 Å². The summed E-state index contributed by atoms with van der Waals surface area (Å²) in [7, 11) is 0. The van der Waals surface area contributed by atoms with E-state index >= 15 is 0 Å². The van der Waals surface area contributed by atoms with E-state index in [9.17, 15) is 5.11 Å². The molecule has 4 nitrogen and oxygen atoms in total. The van der Waals surface area contributed by atoms with Gasteiger partial charge in [0, 0.05) is 10.8 Å². The number of hydrogen-bond donors (Lipinski definition) is 2. The van der Waals surface area contributed by atoms with Crippen molar-refractivity contribution in [1.29, 1.82) is 0 Å². The molecule has 0 aliphatic carbocycles. The Morgan fingerprint density at radius 1 is 1.33 bits per heavy atom. The molecule has 15 heavy (non-hydrogen) atoms. The Morgan fingerprint density at radius 2 is 1.87 bits per heavy atom. The smallest absolute Gasteiger partial charge is 0.165 e. The van der Waals surface area contributed by atoms with Gasteiger partial charge in [0.2, 0.25) is 0 Å². The van der Waals surface area contributed by atoms with Gasteiger partial charge in [0.25, 0.3) is 0 Å². The summed E-state index contributed by atoms with van der Waals surface area (Å²) < 4.78 is 11.2. The first-order valence-corrected chi connectivity index (χ1v) is 5.44. The summed E-state index contributed by atoms with van der Waals surface area (Å²) >= 11 is 0. The second-order valence-electron chi connectivity index (χ2n) is 5.09. The first kappa shape index (κ1) is 12.9. The van der Waals surface area contributed by atoms with Crippen LogP contribution < -0.4 is 0 Å². The van der Waals surface area contributed by atoms with Gasteiger partial charge in [-0.2, -0.15) is 0 Å². The summed E-state index contributed by atoms with van der Waals surface area (Å²) in [6.07, 6.45) is 0.427. The van der Waals surface area contributed by atoms with Crippen LogP contribution in [0.15, 0.2) is 0 Å². The molecule has 1 rings (SSSR count). The normalized spacial score (nSPS) is 36.2. The highest BCUT2D eigenvalue weighted by atomic mass is 16.7. The third kappa shape index (κ3) is 2.69. The van der Waals surface area contributed by atoms with Crippen LogP contribution in [-0.2, 0) is 9.47 Å². The SMILES string of the molecule is CCC(C)(CO)C1OCC(C)(CO)CO1. The highest BCUT2D eigenvalue weighted by Gasteiger charge is 2.40. The third-order valence-electron chi connectivity index (χ3n) is 3.29. The average molecular weight is 218 g/mol. The maximum absolute atomic E-state index is 9.32. The molecule has 90 valence electrons. The summed E-state index contributed by atoms with van der Waals surface area (Å²) in [6, 6.07) is 0. The van der Waals surface area contributed by atoms with Crippen molar-refractivity contribution in [1.82, 2.24) is 0 Å². The third-order valence-corrected chi connectivity index (χ3v) is 3.29. The van der Waals surface area contributed by atoms with Gasteiger partial charge in [-0.05, 0) is 6.42 Å². The van der Waals surface area contributed by atoms with Gasteiger partial charge >= 0.3 is 0 Å². The van der Waals surface area contributed by atoms with Crippen LogP contribution in [0.2, 0.25) is 0 Å². The lowest BCUT2D eigenvalue weighted by molar-refractivity contribution is -0.279. The number of hydrogen-bond acceptors (Lipinski definition) is 4. The molecular formula is C11H22O4. The standard InChI is InChI=1S/C11H22O4/c1-4-11(3,6-13)9-14-7-10(2,5-12)8-15-9/h9,12-13H,4-8H2,1-3H3. The van der Waals surface area contributed by atoms with Gasteiger partial charge < -0.3 is 19.7 Å². The Kier molecular flexibility index (Phi) is 4.12. The summed E-state index contributed by atoms with van der Waals surface area (Å²) in [6.45, 7) is 6.92. The minimum absolute atomic E-state index is 0.0456. The predicted octanol–water partition coefficient (Wildman–Crippen LogP) is 0.766. The quantitative estimate of drug-likeness (QED) is 0.731. The first-order valence-electron chi connectivity index (χ1n) is 5.44. The van der Waals surface area contributed by atoms with Crippen molar-refractivity contribution < 1.29 is 19.7 Å². The summed E-state index contributed by atoms with van der Waals surface area (Å²) in [4.78, 5) is 0. The van der Waals surface area contributed by atoms with Crippen LogP contribution in [0.4, 0.5) is 0 Å². The Bertz CT molecular complexity index is 193. The molecule has 0 amide bonds. The summed E-state index contributed by atoms with van der Waals surface area (Å²) in [5.74, 6) is 0. The van der Waals surface area contributed by atoms with Crippen LogP contribution >= 0.6 is 0 Å². The molecule has 0 spiro atoms. The second kappa shape index (κ2) is 4.78. The number of aliphatic hydroxyl groups is 2. The summed E-state index contributed by atoms with van der Waals surface area (Å²) in [5, 5.41) is 18.5. The maximum atomic E-state index is 9.32. The molecule has 4 heteroatoms. The van der Waals surface area contributed by atoms with Crippen LogP contribution in [0.1, 0.15) is 27.2 Å². The van der Waals surface area contributed by atoms with Crippen LogP contribution in [0.25, 0.3) is 0 Å². The number of ether oxygens (including phenoxy) is 2. The topological polar surface area (TPSA) is 58.9 Å². The maximum Gasteiger partial charge on any atom is 0.165 e. The lowest BCUT2D eigenvalue weighted by Gasteiger charge is -2.42. The number of rotatable bonds is 4. The van der Waals surface area contributed by atoms with E-state index in [-0.39, 0.29) is 30.3 Å². The Morgan fingerprint density at radius 3 is 2.20 bits per heavy atom. The highest BCUT2D eigenvalue weighted by molar-refractivity contribution is 4.82. The van der Waals surface area contributed by atoms with Crippen molar-refractivity contribution in [2.75, 3.05) is 26.4 Å².